The Morgan fingerprint density at radius 3 is 3.00 bits per heavy atom. The maximum absolute atomic E-state index is 6.08. The Morgan fingerprint density at radius 2 is 2.38 bits per heavy atom. The molecule has 16 heavy (non-hydrogen) atoms. The van der Waals surface area contributed by atoms with Crippen LogP contribution in [0.5, 0.6) is 0 Å². The van der Waals surface area contributed by atoms with Crippen LogP contribution in [0.15, 0.2) is 18.5 Å². The first-order valence-corrected chi connectivity index (χ1v) is 6.29. The lowest BCUT2D eigenvalue weighted by Crippen LogP contribution is -2.37. The smallest absolute Gasteiger partial charge is 0.0634 e. The number of aromatic nitrogens is 1. The highest BCUT2D eigenvalue weighted by atomic mass is 35.5. The molecule has 0 aliphatic heterocycles. The first-order chi connectivity index (χ1) is 7.59. The molecule has 1 aliphatic rings. The molecule has 88 valence electrons. The standard InChI is InChI=1S/C13H19ClN2/c1-13(2)6-3-4-12(13)16-8-10-5-7-15-9-11(10)14/h5,7,9,12,16H,3-4,6,8H2,1-2H3. The van der Waals surface area contributed by atoms with Crippen molar-refractivity contribution in [3.8, 4) is 0 Å². The Bertz CT molecular complexity index is 363. The lowest BCUT2D eigenvalue weighted by atomic mass is 9.87. The van der Waals surface area contributed by atoms with Crippen molar-refractivity contribution in [3.63, 3.8) is 0 Å². The van der Waals surface area contributed by atoms with Crippen molar-refractivity contribution in [1.29, 1.82) is 0 Å². The summed E-state index contributed by atoms with van der Waals surface area (Å²) in [7, 11) is 0. The summed E-state index contributed by atoms with van der Waals surface area (Å²) in [5.74, 6) is 0. The zero-order valence-electron chi connectivity index (χ0n) is 9.96. The molecule has 0 aromatic carbocycles. The number of nitrogens with one attached hydrogen (secondary N) is 1. The maximum Gasteiger partial charge on any atom is 0.0634 e. The van der Waals surface area contributed by atoms with Gasteiger partial charge in [-0.2, -0.15) is 0 Å². The molecule has 1 heterocycles. The predicted octanol–water partition coefficient (Wildman–Crippen LogP) is 3.40. The number of nitrogens with zero attached hydrogens (tertiary/aromatic N) is 1. The zero-order valence-corrected chi connectivity index (χ0v) is 10.7. The van der Waals surface area contributed by atoms with Crippen molar-refractivity contribution < 1.29 is 0 Å². The Kier molecular flexibility index (Phi) is 3.50. The highest BCUT2D eigenvalue weighted by molar-refractivity contribution is 6.31. The van der Waals surface area contributed by atoms with Gasteiger partial charge in [-0.25, -0.2) is 0 Å². The molecule has 3 heteroatoms. The fourth-order valence-corrected chi connectivity index (χ4v) is 2.67. The van der Waals surface area contributed by atoms with Crippen LogP contribution in [0.25, 0.3) is 0 Å². The fourth-order valence-electron chi connectivity index (χ4n) is 2.49. The van der Waals surface area contributed by atoms with Gasteiger partial charge in [0, 0.05) is 25.0 Å². The van der Waals surface area contributed by atoms with Gasteiger partial charge >= 0.3 is 0 Å². The zero-order chi connectivity index (χ0) is 11.6. The van der Waals surface area contributed by atoms with Gasteiger partial charge < -0.3 is 5.32 Å². The second-order valence-electron chi connectivity index (χ2n) is 5.28. The Labute approximate surface area is 102 Å². The largest absolute Gasteiger partial charge is 0.309 e. The van der Waals surface area contributed by atoms with Crippen molar-refractivity contribution >= 4 is 11.6 Å². The summed E-state index contributed by atoms with van der Waals surface area (Å²) in [5, 5.41) is 4.37. The third-order valence-electron chi connectivity index (χ3n) is 3.65. The molecule has 2 rings (SSSR count). The molecule has 0 saturated heterocycles. The summed E-state index contributed by atoms with van der Waals surface area (Å²) in [6.07, 6.45) is 7.42. The van der Waals surface area contributed by atoms with E-state index in [0.29, 0.717) is 11.5 Å². The summed E-state index contributed by atoms with van der Waals surface area (Å²) in [6.45, 7) is 5.52. The predicted molar refractivity (Wildman–Crippen MR) is 67.5 cm³/mol. The topological polar surface area (TPSA) is 24.9 Å². The molecule has 1 atom stereocenters. The first kappa shape index (κ1) is 11.9. The van der Waals surface area contributed by atoms with Crippen molar-refractivity contribution in [3.05, 3.63) is 29.0 Å². The number of hydrogen-bond acceptors (Lipinski definition) is 2. The molecule has 1 unspecified atom stereocenters. The molecule has 1 aromatic heterocycles. The molecule has 0 spiro atoms. The van der Waals surface area contributed by atoms with Crippen LogP contribution >= 0.6 is 11.6 Å². The van der Waals surface area contributed by atoms with E-state index in [-0.39, 0.29) is 0 Å². The van der Waals surface area contributed by atoms with Crippen LogP contribution < -0.4 is 5.32 Å². The molecular weight excluding hydrogens is 220 g/mol. The van der Waals surface area contributed by atoms with Gasteiger partial charge in [0.05, 0.1) is 5.02 Å². The normalized spacial score (nSPS) is 23.6. The number of halogens is 1. The van der Waals surface area contributed by atoms with E-state index < -0.39 is 0 Å². The second kappa shape index (κ2) is 4.72. The van der Waals surface area contributed by atoms with Crippen LogP contribution in [0.3, 0.4) is 0 Å². The fraction of sp³-hybridized carbons (Fsp3) is 0.615. The van der Waals surface area contributed by atoms with Gasteiger partial charge in [-0.05, 0) is 29.9 Å². The Morgan fingerprint density at radius 1 is 1.56 bits per heavy atom. The molecule has 1 aromatic rings. The third kappa shape index (κ3) is 2.55. The van der Waals surface area contributed by atoms with Crippen LogP contribution in [0.4, 0.5) is 0 Å². The number of rotatable bonds is 3. The Balaban J connectivity index is 1.95. The van der Waals surface area contributed by atoms with E-state index >= 15 is 0 Å². The van der Waals surface area contributed by atoms with Crippen molar-refractivity contribution in [2.24, 2.45) is 5.41 Å². The minimum Gasteiger partial charge on any atom is -0.309 e. The van der Waals surface area contributed by atoms with E-state index in [1.165, 1.54) is 19.3 Å². The summed E-state index contributed by atoms with van der Waals surface area (Å²) in [4.78, 5) is 3.99. The van der Waals surface area contributed by atoms with Crippen LogP contribution in [0.2, 0.25) is 5.02 Å². The van der Waals surface area contributed by atoms with E-state index in [9.17, 15) is 0 Å². The molecule has 1 fully saturated rings. The van der Waals surface area contributed by atoms with E-state index in [1.807, 2.05) is 6.07 Å². The highest BCUT2D eigenvalue weighted by Crippen LogP contribution is 2.37. The molecule has 1 N–H and O–H groups in total. The molecule has 0 bridgehead atoms. The summed E-state index contributed by atoms with van der Waals surface area (Å²) < 4.78 is 0. The van der Waals surface area contributed by atoms with Crippen molar-refractivity contribution in [1.82, 2.24) is 10.3 Å². The van der Waals surface area contributed by atoms with E-state index in [4.69, 9.17) is 11.6 Å². The summed E-state index contributed by atoms with van der Waals surface area (Å²) in [6, 6.07) is 2.59. The van der Waals surface area contributed by atoms with Crippen molar-refractivity contribution in [2.45, 2.75) is 45.7 Å². The van der Waals surface area contributed by atoms with Crippen LogP contribution in [-0.2, 0) is 6.54 Å². The van der Waals surface area contributed by atoms with E-state index in [0.717, 1.165) is 17.1 Å². The van der Waals surface area contributed by atoms with Gasteiger partial charge in [0.2, 0.25) is 0 Å². The lowest BCUT2D eigenvalue weighted by Gasteiger charge is -2.28. The summed E-state index contributed by atoms with van der Waals surface area (Å²) in [5.41, 5.74) is 1.55. The third-order valence-corrected chi connectivity index (χ3v) is 3.99. The van der Waals surface area contributed by atoms with E-state index in [1.54, 1.807) is 12.4 Å². The lowest BCUT2D eigenvalue weighted by molar-refractivity contribution is 0.282. The van der Waals surface area contributed by atoms with Gasteiger partial charge in [0.15, 0.2) is 0 Å². The maximum atomic E-state index is 6.08. The van der Waals surface area contributed by atoms with Gasteiger partial charge in [0.25, 0.3) is 0 Å². The van der Waals surface area contributed by atoms with Crippen LogP contribution in [-0.4, -0.2) is 11.0 Å². The number of pyridine rings is 1. The number of hydrogen-bond donors (Lipinski definition) is 1. The SMILES string of the molecule is CC1(C)CCCC1NCc1ccncc1Cl. The van der Waals surface area contributed by atoms with Crippen molar-refractivity contribution in [2.75, 3.05) is 0 Å². The second-order valence-corrected chi connectivity index (χ2v) is 5.69. The van der Waals surface area contributed by atoms with Crippen LogP contribution in [0, 0.1) is 5.41 Å². The quantitative estimate of drug-likeness (QED) is 0.873. The average molecular weight is 239 g/mol. The minimum atomic E-state index is 0.416. The minimum absolute atomic E-state index is 0.416. The van der Waals surface area contributed by atoms with E-state index in [2.05, 4.69) is 24.1 Å². The van der Waals surface area contributed by atoms with Gasteiger partial charge in [-0.15, -0.1) is 0 Å². The molecule has 1 saturated carbocycles. The van der Waals surface area contributed by atoms with Gasteiger partial charge in [0.1, 0.15) is 0 Å². The molecular formula is C13H19ClN2. The van der Waals surface area contributed by atoms with Gasteiger partial charge in [-0.3, -0.25) is 4.98 Å². The van der Waals surface area contributed by atoms with Crippen LogP contribution in [0.1, 0.15) is 38.7 Å². The Hall–Kier alpha value is -0.600. The monoisotopic (exact) mass is 238 g/mol. The molecule has 2 nitrogen and oxygen atoms in total. The molecule has 1 aliphatic carbocycles. The highest BCUT2D eigenvalue weighted by Gasteiger charge is 2.33. The van der Waals surface area contributed by atoms with Gasteiger partial charge in [-0.1, -0.05) is 31.9 Å². The summed E-state index contributed by atoms with van der Waals surface area (Å²) >= 11 is 6.08. The first-order valence-electron chi connectivity index (χ1n) is 5.91. The average Bonchev–Trinajstić information content (AvgIpc) is 2.57. The molecule has 0 radical (unpaired) electrons. The molecule has 0 amide bonds.